The largest absolute Gasteiger partial charge is 0.375 e. The fraction of sp³-hybridized carbons (Fsp3) is 0.909. The van der Waals surface area contributed by atoms with Gasteiger partial charge >= 0.3 is 0 Å². The molecule has 4 nitrogen and oxygen atoms in total. The molecule has 0 aromatic rings. The Hall–Kier alpha value is -0.610. The SMILES string of the molecule is CC1CN(C(=O)C2CNCC2C)CCO1. The molecule has 2 saturated heterocycles. The van der Waals surface area contributed by atoms with Gasteiger partial charge in [-0.1, -0.05) is 6.92 Å². The highest BCUT2D eigenvalue weighted by Gasteiger charge is 2.34. The minimum atomic E-state index is 0.176. The van der Waals surface area contributed by atoms with Crippen molar-refractivity contribution in [2.24, 2.45) is 11.8 Å². The maximum atomic E-state index is 12.2. The molecule has 2 aliphatic rings. The molecular formula is C11H20N2O2. The second kappa shape index (κ2) is 4.49. The minimum absolute atomic E-state index is 0.176. The van der Waals surface area contributed by atoms with Gasteiger partial charge in [0.15, 0.2) is 0 Å². The highest BCUT2D eigenvalue weighted by molar-refractivity contribution is 5.79. The van der Waals surface area contributed by atoms with Crippen LogP contribution in [0.3, 0.4) is 0 Å². The Balaban J connectivity index is 1.94. The van der Waals surface area contributed by atoms with Gasteiger partial charge < -0.3 is 15.0 Å². The van der Waals surface area contributed by atoms with Crippen LogP contribution in [-0.4, -0.2) is 49.7 Å². The van der Waals surface area contributed by atoms with E-state index in [1.807, 2.05) is 11.8 Å². The van der Waals surface area contributed by atoms with Crippen LogP contribution in [0.2, 0.25) is 0 Å². The lowest BCUT2D eigenvalue weighted by Gasteiger charge is -2.33. The number of hydrogen-bond acceptors (Lipinski definition) is 3. The minimum Gasteiger partial charge on any atom is -0.375 e. The fourth-order valence-electron chi connectivity index (χ4n) is 2.39. The fourth-order valence-corrected chi connectivity index (χ4v) is 2.39. The van der Waals surface area contributed by atoms with Crippen molar-refractivity contribution < 1.29 is 9.53 Å². The molecule has 0 radical (unpaired) electrons. The number of carbonyl (C=O) groups is 1. The number of nitrogens with zero attached hydrogens (tertiary/aromatic N) is 1. The molecule has 2 fully saturated rings. The van der Waals surface area contributed by atoms with Crippen molar-refractivity contribution in [1.82, 2.24) is 10.2 Å². The lowest BCUT2D eigenvalue weighted by atomic mass is 9.96. The summed E-state index contributed by atoms with van der Waals surface area (Å²) >= 11 is 0. The Bertz CT molecular complexity index is 245. The van der Waals surface area contributed by atoms with Crippen LogP contribution in [0.5, 0.6) is 0 Å². The third-order valence-corrected chi connectivity index (χ3v) is 3.39. The molecule has 3 atom stereocenters. The third kappa shape index (κ3) is 2.32. The standard InChI is InChI=1S/C11H20N2O2/c1-8-5-12-6-10(8)11(14)13-3-4-15-9(2)7-13/h8-10,12H,3-7H2,1-2H3. The summed E-state index contributed by atoms with van der Waals surface area (Å²) in [5, 5.41) is 3.27. The zero-order valence-corrected chi connectivity index (χ0v) is 9.53. The maximum Gasteiger partial charge on any atom is 0.227 e. The van der Waals surface area contributed by atoms with Crippen molar-refractivity contribution in [1.29, 1.82) is 0 Å². The third-order valence-electron chi connectivity index (χ3n) is 3.39. The van der Waals surface area contributed by atoms with Crippen LogP contribution >= 0.6 is 0 Å². The molecule has 86 valence electrons. The molecule has 1 amide bonds. The van der Waals surface area contributed by atoms with E-state index in [9.17, 15) is 4.79 Å². The normalized spacial score (nSPS) is 36.9. The van der Waals surface area contributed by atoms with Gasteiger partial charge in [-0.25, -0.2) is 0 Å². The molecule has 4 heteroatoms. The molecule has 0 saturated carbocycles. The molecule has 0 bridgehead atoms. The quantitative estimate of drug-likeness (QED) is 0.670. The topological polar surface area (TPSA) is 41.6 Å². The first kappa shape index (κ1) is 10.9. The van der Waals surface area contributed by atoms with E-state index in [0.29, 0.717) is 18.4 Å². The van der Waals surface area contributed by atoms with Gasteiger partial charge in [0.2, 0.25) is 5.91 Å². The summed E-state index contributed by atoms with van der Waals surface area (Å²) in [6.07, 6.45) is 0.187. The van der Waals surface area contributed by atoms with Crippen LogP contribution in [0.1, 0.15) is 13.8 Å². The summed E-state index contributed by atoms with van der Waals surface area (Å²) in [4.78, 5) is 14.1. The second-order valence-electron chi connectivity index (χ2n) is 4.71. The van der Waals surface area contributed by atoms with E-state index in [1.165, 1.54) is 0 Å². The van der Waals surface area contributed by atoms with Gasteiger partial charge in [-0.15, -0.1) is 0 Å². The number of carbonyl (C=O) groups excluding carboxylic acids is 1. The number of amides is 1. The van der Waals surface area contributed by atoms with Crippen LogP contribution in [0.25, 0.3) is 0 Å². The lowest BCUT2D eigenvalue weighted by molar-refractivity contribution is -0.142. The van der Waals surface area contributed by atoms with E-state index in [1.54, 1.807) is 0 Å². The van der Waals surface area contributed by atoms with E-state index >= 15 is 0 Å². The zero-order chi connectivity index (χ0) is 10.8. The first-order valence-electron chi connectivity index (χ1n) is 5.79. The van der Waals surface area contributed by atoms with Gasteiger partial charge in [0.05, 0.1) is 18.6 Å². The summed E-state index contributed by atoms with van der Waals surface area (Å²) in [5.41, 5.74) is 0. The van der Waals surface area contributed by atoms with E-state index in [4.69, 9.17) is 4.74 Å². The zero-order valence-electron chi connectivity index (χ0n) is 9.53. The van der Waals surface area contributed by atoms with Gasteiger partial charge in [-0.05, 0) is 19.4 Å². The smallest absolute Gasteiger partial charge is 0.227 e. The Morgan fingerprint density at radius 2 is 2.20 bits per heavy atom. The van der Waals surface area contributed by atoms with Crippen molar-refractivity contribution in [2.45, 2.75) is 20.0 Å². The molecule has 3 unspecified atom stereocenters. The van der Waals surface area contributed by atoms with Gasteiger partial charge in [-0.3, -0.25) is 4.79 Å². The van der Waals surface area contributed by atoms with Crippen LogP contribution in [0.15, 0.2) is 0 Å². The van der Waals surface area contributed by atoms with Crippen molar-refractivity contribution in [3.8, 4) is 0 Å². The van der Waals surface area contributed by atoms with Crippen LogP contribution in [0, 0.1) is 11.8 Å². The molecule has 2 rings (SSSR count). The van der Waals surface area contributed by atoms with E-state index in [-0.39, 0.29) is 12.0 Å². The highest BCUT2D eigenvalue weighted by Crippen LogP contribution is 2.19. The first-order valence-corrected chi connectivity index (χ1v) is 5.79. The maximum absolute atomic E-state index is 12.2. The Labute approximate surface area is 91.0 Å². The van der Waals surface area contributed by atoms with Gasteiger partial charge in [0.1, 0.15) is 0 Å². The molecule has 2 aliphatic heterocycles. The van der Waals surface area contributed by atoms with Crippen molar-refractivity contribution >= 4 is 5.91 Å². The molecule has 0 spiro atoms. The lowest BCUT2D eigenvalue weighted by Crippen LogP contribution is -2.48. The monoisotopic (exact) mass is 212 g/mol. The van der Waals surface area contributed by atoms with Crippen molar-refractivity contribution in [2.75, 3.05) is 32.8 Å². The summed E-state index contributed by atoms with van der Waals surface area (Å²) in [6.45, 7) is 8.17. The summed E-state index contributed by atoms with van der Waals surface area (Å²) < 4.78 is 5.44. The summed E-state index contributed by atoms with van der Waals surface area (Å²) in [7, 11) is 0. The van der Waals surface area contributed by atoms with E-state index < -0.39 is 0 Å². The van der Waals surface area contributed by atoms with Crippen LogP contribution < -0.4 is 5.32 Å². The molecular weight excluding hydrogens is 192 g/mol. The van der Waals surface area contributed by atoms with Gasteiger partial charge in [-0.2, -0.15) is 0 Å². The molecule has 15 heavy (non-hydrogen) atoms. The Morgan fingerprint density at radius 3 is 2.80 bits per heavy atom. The average molecular weight is 212 g/mol. The number of morpholine rings is 1. The van der Waals surface area contributed by atoms with Gasteiger partial charge in [0.25, 0.3) is 0 Å². The average Bonchev–Trinajstić information content (AvgIpc) is 2.63. The van der Waals surface area contributed by atoms with E-state index in [0.717, 1.165) is 26.2 Å². The first-order chi connectivity index (χ1) is 7.18. The second-order valence-corrected chi connectivity index (χ2v) is 4.71. The van der Waals surface area contributed by atoms with Crippen LogP contribution in [-0.2, 0) is 9.53 Å². The number of ether oxygens (including phenoxy) is 1. The van der Waals surface area contributed by atoms with Crippen molar-refractivity contribution in [3.05, 3.63) is 0 Å². The van der Waals surface area contributed by atoms with Crippen molar-refractivity contribution in [3.63, 3.8) is 0 Å². The summed E-state index contributed by atoms with van der Waals surface area (Å²) in [6, 6.07) is 0. The number of rotatable bonds is 1. The Kier molecular flexibility index (Phi) is 3.26. The van der Waals surface area contributed by atoms with Gasteiger partial charge in [0, 0.05) is 19.6 Å². The summed E-state index contributed by atoms with van der Waals surface area (Å²) in [5.74, 6) is 0.952. The Morgan fingerprint density at radius 1 is 1.40 bits per heavy atom. The predicted molar refractivity (Wildman–Crippen MR) is 57.5 cm³/mol. The number of nitrogens with one attached hydrogen (secondary N) is 1. The molecule has 0 aromatic carbocycles. The number of hydrogen-bond donors (Lipinski definition) is 1. The van der Waals surface area contributed by atoms with E-state index in [2.05, 4.69) is 12.2 Å². The molecule has 1 N–H and O–H groups in total. The predicted octanol–water partition coefficient (Wildman–Crippen LogP) is 0.0892. The molecule has 0 aromatic heterocycles. The van der Waals surface area contributed by atoms with Crippen LogP contribution in [0.4, 0.5) is 0 Å². The molecule has 0 aliphatic carbocycles. The highest BCUT2D eigenvalue weighted by atomic mass is 16.5. The molecule has 2 heterocycles.